The number of rotatable bonds is 7. The standard InChI is InChI=1S/C21H33N5O2.2ClH/c1-17(18-5-4-8-22-16-18)15-20(27)24-10-7-21(28)26-13-11-25(12-14-26)19-6-2-3-9-23-19;;/h2-3,6,9,17-18,22H,4-5,7-8,10-16H2,1H3,(H,24,27);2*1H. The van der Waals surface area contributed by atoms with Crippen molar-refractivity contribution in [2.24, 2.45) is 11.8 Å². The van der Waals surface area contributed by atoms with E-state index in [-0.39, 0.29) is 36.6 Å². The number of carbonyl (C=O) groups is 2. The summed E-state index contributed by atoms with van der Waals surface area (Å²) in [5, 5.41) is 6.34. The van der Waals surface area contributed by atoms with Crippen molar-refractivity contribution in [3.63, 3.8) is 0 Å². The molecule has 2 aliphatic rings. The number of hydrogen-bond donors (Lipinski definition) is 2. The molecule has 1 aromatic heterocycles. The van der Waals surface area contributed by atoms with Crippen LogP contribution in [0.5, 0.6) is 0 Å². The number of hydrogen-bond acceptors (Lipinski definition) is 5. The number of nitrogens with zero attached hydrogens (tertiary/aromatic N) is 3. The fraction of sp³-hybridized carbons (Fsp3) is 0.667. The quantitative estimate of drug-likeness (QED) is 0.652. The zero-order valence-corrected chi connectivity index (χ0v) is 19.3. The second kappa shape index (κ2) is 13.7. The van der Waals surface area contributed by atoms with Crippen LogP contribution in [0.3, 0.4) is 0 Å². The van der Waals surface area contributed by atoms with E-state index in [9.17, 15) is 9.59 Å². The Morgan fingerprint density at radius 1 is 1.23 bits per heavy atom. The number of nitrogens with one attached hydrogen (secondary N) is 2. The first-order chi connectivity index (χ1) is 13.6. The highest BCUT2D eigenvalue weighted by Crippen LogP contribution is 2.22. The maximum Gasteiger partial charge on any atom is 0.224 e. The maximum atomic E-state index is 12.4. The number of aromatic nitrogens is 1. The molecule has 2 N–H and O–H groups in total. The molecule has 2 aliphatic heterocycles. The highest BCUT2D eigenvalue weighted by atomic mass is 35.5. The predicted octanol–water partition coefficient (Wildman–Crippen LogP) is 2.11. The number of halogens is 2. The lowest BCUT2D eigenvalue weighted by molar-refractivity contribution is -0.131. The average molecular weight is 460 g/mol. The van der Waals surface area contributed by atoms with Gasteiger partial charge in [0.25, 0.3) is 0 Å². The van der Waals surface area contributed by atoms with Crippen molar-refractivity contribution < 1.29 is 9.59 Å². The van der Waals surface area contributed by atoms with Crippen molar-refractivity contribution in [1.82, 2.24) is 20.5 Å². The van der Waals surface area contributed by atoms with Crippen LogP contribution in [0.1, 0.15) is 32.6 Å². The Balaban J connectivity index is 0.00000225. The van der Waals surface area contributed by atoms with E-state index >= 15 is 0 Å². The third kappa shape index (κ3) is 7.93. The van der Waals surface area contributed by atoms with Gasteiger partial charge in [0.05, 0.1) is 0 Å². The van der Waals surface area contributed by atoms with Crippen LogP contribution in [0.25, 0.3) is 0 Å². The van der Waals surface area contributed by atoms with E-state index in [1.807, 2.05) is 23.1 Å². The van der Waals surface area contributed by atoms with Gasteiger partial charge in [-0.05, 0) is 49.9 Å². The number of pyridine rings is 1. The zero-order chi connectivity index (χ0) is 19.8. The minimum Gasteiger partial charge on any atom is -0.356 e. The van der Waals surface area contributed by atoms with E-state index in [1.54, 1.807) is 6.20 Å². The Morgan fingerprint density at radius 3 is 2.63 bits per heavy atom. The summed E-state index contributed by atoms with van der Waals surface area (Å²) < 4.78 is 0. The second-order valence-corrected chi connectivity index (χ2v) is 7.94. The Bertz CT molecular complexity index is 636. The van der Waals surface area contributed by atoms with E-state index in [0.717, 1.165) is 32.0 Å². The molecular weight excluding hydrogens is 425 g/mol. The molecule has 0 aliphatic carbocycles. The molecule has 3 heterocycles. The van der Waals surface area contributed by atoms with Crippen molar-refractivity contribution in [1.29, 1.82) is 0 Å². The van der Waals surface area contributed by atoms with Gasteiger partial charge in [-0.3, -0.25) is 9.59 Å². The van der Waals surface area contributed by atoms with Gasteiger partial charge >= 0.3 is 0 Å². The Labute approximate surface area is 192 Å². The number of carbonyl (C=O) groups excluding carboxylic acids is 2. The molecule has 0 radical (unpaired) electrons. The first-order valence-corrected chi connectivity index (χ1v) is 10.5. The number of piperidine rings is 1. The van der Waals surface area contributed by atoms with Crippen LogP contribution in [-0.4, -0.2) is 67.5 Å². The van der Waals surface area contributed by atoms with Crippen LogP contribution in [0, 0.1) is 11.8 Å². The molecule has 1 aromatic rings. The van der Waals surface area contributed by atoms with Gasteiger partial charge < -0.3 is 20.4 Å². The summed E-state index contributed by atoms with van der Waals surface area (Å²) in [4.78, 5) is 33.1. The molecule has 7 nitrogen and oxygen atoms in total. The predicted molar refractivity (Wildman–Crippen MR) is 125 cm³/mol. The molecule has 2 fully saturated rings. The molecule has 3 rings (SSSR count). The summed E-state index contributed by atoms with van der Waals surface area (Å²) >= 11 is 0. The lowest BCUT2D eigenvalue weighted by Gasteiger charge is -2.35. The highest BCUT2D eigenvalue weighted by molar-refractivity contribution is 5.85. The van der Waals surface area contributed by atoms with Gasteiger partial charge in [-0.1, -0.05) is 13.0 Å². The van der Waals surface area contributed by atoms with Gasteiger partial charge in [0.1, 0.15) is 5.82 Å². The monoisotopic (exact) mass is 459 g/mol. The third-order valence-electron chi connectivity index (χ3n) is 5.91. The Morgan fingerprint density at radius 2 is 2.00 bits per heavy atom. The second-order valence-electron chi connectivity index (χ2n) is 7.94. The maximum absolute atomic E-state index is 12.4. The van der Waals surface area contributed by atoms with Gasteiger partial charge in [-0.25, -0.2) is 4.98 Å². The van der Waals surface area contributed by atoms with Gasteiger partial charge in [0.2, 0.25) is 11.8 Å². The van der Waals surface area contributed by atoms with Gasteiger partial charge in [0, 0.05) is 51.8 Å². The fourth-order valence-electron chi connectivity index (χ4n) is 4.09. The smallest absolute Gasteiger partial charge is 0.224 e. The van der Waals surface area contributed by atoms with E-state index in [2.05, 4.69) is 27.4 Å². The SMILES string of the molecule is CC(CC(=O)NCCC(=O)N1CCN(c2ccccn2)CC1)C1CCCNC1.Cl.Cl. The number of piperazine rings is 1. The van der Waals surface area contributed by atoms with E-state index in [0.29, 0.717) is 44.3 Å². The van der Waals surface area contributed by atoms with Crippen LogP contribution >= 0.6 is 24.8 Å². The molecule has 9 heteroatoms. The largest absolute Gasteiger partial charge is 0.356 e. The van der Waals surface area contributed by atoms with Crippen molar-refractivity contribution in [3.8, 4) is 0 Å². The number of anilines is 1. The molecule has 2 unspecified atom stereocenters. The van der Waals surface area contributed by atoms with Gasteiger partial charge in [0.15, 0.2) is 0 Å². The van der Waals surface area contributed by atoms with Crippen molar-refractivity contribution in [2.45, 2.75) is 32.6 Å². The lowest BCUT2D eigenvalue weighted by Crippen LogP contribution is -2.49. The van der Waals surface area contributed by atoms with E-state index < -0.39 is 0 Å². The van der Waals surface area contributed by atoms with Crippen molar-refractivity contribution in [3.05, 3.63) is 24.4 Å². The minimum atomic E-state index is 0. The zero-order valence-electron chi connectivity index (χ0n) is 17.7. The first-order valence-electron chi connectivity index (χ1n) is 10.5. The summed E-state index contributed by atoms with van der Waals surface area (Å²) in [7, 11) is 0. The molecule has 2 atom stereocenters. The van der Waals surface area contributed by atoms with Crippen LogP contribution in [-0.2, 0) is 9.59 Å². The van der Waals surface area contributed by atoms with Crippen molar-refractivity contribution in [2.75, 3.05) is 50.7 Å². The summed E-state index contributed by atoms with van der Waals surface area (Å²) in [6.45, 7) is 7.68. The first kappa shape index (κ1) is 26.5. The molecule has 2 saturated heterocycles. The fourth-order valence-corrected chi connectivity index (χ4v) is 4.09. The van der Waals surface area contributed by atoms with Crippen LogP contribution in [0.4, 0.5) is 5.82 Å². The highest BCUT2D eigenvalue weighted by Gasteiger charge is 2.23. The minimum absolute atomic E-state index is 0. The third-order valence-corrected chi connectivity index (χ3v) is 5.91. The summed E-state index contributed by atoms with van der Waals surface area (Å²) in [6, 6.07) is 5.88. The molecule has 170 valence electrons. The average Bonchev–Trinajstić information content (AvgIpc) is 2.75. The summed E-state index contributed by atoms with van der Waals surface area (Å²) in [5.74, 6) is 2.10. The lowest BCUT2D eigenvalue weighted by atomic mass is 9.85. The molecule has 0 aromatic carbocycles. The number of amides is 2. The van der Waals surface area contributed by atoms with E-state index in [1.165, 1.54) is 12.8 Å². The van der Waals surface area contributed by atoms with Crippen LogP contribution in [0.2, 0.25) is 0 Å². The normalized spacial score (nSPS) is 19.8. The van der Waals surface area contributed by atoms with E-state index in [4.69, 9.17) is 0 Å². The molecule has 0 bridgehead atoms. The molecule has 0 saturated carbocycles. The topological polar surface area (TPSA) is 77.6 Å². The molecular formula is C21H35Cl2N5O2. The van der Waals surface area contributed by atoms with Gasteiger partial charge in [-0.2, -0.15) is 0 Å². The molecule has 2 amide bonds. The molecule has 30 heavy (non-hydrogen) atoms. The van der Waals surface area contributed by atoms with Crippen molar-refractivity contribution >= 4 is 42.4 Å². The summed E-state index contributed by atoms with van der Waals surface area (Å²) in [5.41, 5.74) is 0. The van der Waals surface area contributed by atoms with Crippen LogP contribution in [0.15, 0.2) is 24.4 Å². The molecule has 0 spiro atoms. The summed E-state index contributed by atoms with van der Waals surface area (Å²) in [6.07, 6.45) is 5.10. The Hall–Kier alpha value is -1.57. The Kier molecular flexibility index (Phi) is 12.1. The van der Waals surface area contributed by atoms with Crippen LogP contribution < -0.4 is 15.5 Å². The van der Waals surface area contributed by atoms with Gasteiger partial charge in [-0.15, -0.1) is 24.8 Å².